The van der Waals surface area contributed by atoms with Crippen LogP contribution in [0.4, 0.5) is 0 Å². The van der Waals surface area contributed by atoms with Gasteiger partial charge in [-0.3, -0.25) is 0 Å². The van der Waals surface area contributed by atoms with Crippen molar-refractivity contribution in [1.82, 2.24) is 0 Å². The Labute approximate surface area is 325 Å². The zero-order chi connectivity index (χ0) is 38.2. The molecular formula is C50H74Si2. The van der Waals surface area contributed by atoms with Crippen molar-refractivity contribution in [2.45, 2.75) is 195 Å². The highest BCUT2D eigenvalue weighted by atomic mass is 28.3. The van der Waals surface area contributed by atoms with Crippen LogP contribution in [0.2, 0.25) is 39.3 Å². The Morgan fingerprint density at radius 1 is 0.346 bits per heavy atom. The Morgan fingerprint density at radius 2 is 0.596 bits per heavy atom. The highest BCUT2D eigenvalue weighted by molar-refractivity contribution is 6.84. The molecule has 0 aliphatic carbocycles. The lowest BCUT2D eigenvalue weighted by Gasteiger charge is -2.13. The summed E-state index contributed by atoms with van der Waals surface area (Å²) in [5.41, 5.74) is 17.4. The van der Waals surface area contributed by atoms with Crippen LogP contribution in [-0.4, -0.2) is 16.1 Å². The van der Waals surface area contributed by atoms with E-state index in [-0.39, 0.29) is 0 Å². The van der Waals surface area contributed by atoms with E-state index in [4.69, 9.17) is 0 Å². The zero-order valence-corrected chi connectivity index (χ0v) is 37.5. The number of hydrogen-bond donors (Lipinski definition) is 0. The fraction of sp³-hybridized carbons (Fsp3) is 0.600. The molecule has 2 aromatic carbocycles. The summed E-state index contributed by atoms with van der Waals surface area (Å²) < 4.78 is 0. The highest BCUT2D eigenvalue weighted by Crippen LogP contribution is 2.24. The van der Waals surface area contributed by atoms with Crippen molar-refractivity contribution in [3.05, 3.63) is 68.8 Å². The van der Waals surface area contributed by atoms with Crippen molar-refractivity contribution in [3.8, 4) is 46.6 Å². The van der Waals surface area contributed by atoms with Gasteiger partial charge in [0, 0.05) is 22.3 Å². The van der Waals surface area contributed by atoms with Crippen LogP contribution in [0.15, 0.2) is 24.3 Å². The molecule has 0 amide bonds. The summed E-state index contributed by atoms with van der Waals surface area (Å²) in [4.78, 5) is 0. The molecule has 0 saturated heterocycles. The first-order chi connectivity index (χ1) is 24.9. The van der Waals surface area contributed by atoms with Crippen LogP contribution in [0, 0.1) is 46.6 Å². The Morgan fingerprint density at radius 3 is 0.827 bits per heavy atom. The van der Waals surface area contributed by atoms with Crippen LogP contribution >= 0.6 is 0 Å². The lowest BCUT2D eigenvalue weighted by atomic mass is 9.92. The lowest BCUT2D eigenvalue weighted by molar-refractivity contribution is 0.650. The van der Waals surface area contributed by atoms with E-state index in [1.807, 2.05) is 0 Å². The van der Waals surface area contributed by atoms with E-state index in [1.54, 1.807) is 0 Å². The molecule has 52 heavy (non-hydrogen) atoms. The van der Waals surface area contributed by atoms with Gasteiger partial charge in [0.05, 0.1) is 0 Å². The van der Waals surface area contributed by atoms with Gasteiger partial charge in [-0.05, 0) is 110 Å². The van der Waals surface area contributed by atoms with Gasteiger partial charge in [0.25, 0.3) is 0 Å². The maximum absolute atomic E-state index is 3.64. The topological polar surface area (TPSA) is 0 Å². The van der Waals surface area contributed by atoms with E-state index >= 15 is 0 Å². The molecule has 0 aliphatic rings. The number of unbranched alkanes of at least 4 members (excludes halogenated alkanes) is 12. The van der Waals surface area contributed by atoms with E-state index in [0.29, 0.717) is 0 Å². The molecule has 2 aromatic rings. The molecule has 282 valence electrons. The van der Waals surface area contributed by atoms with Gasteiger partial charge in [-0.25, -0.2) is 0 Å². The van der Waals surface area contributed by atoms with E-state index in [9.17, 15) is 0 Å². The minimum absolute atomic E-state index is 1.04. The predicted molar refractivity (Wildman–Crippen MR) is 238 cm³/mol. The van der Waals surface area contributed by atoms with Gasteiger partial charge >= 0.3 is 0 Å². The van der Waals surface area contributed by atoms with E-state index in [1.165, 1.54) is 125 Å². The molecule has 0 radical (unpaired) electrons. The monoisotopic (exact) mass is 731 g/mol. The van der Waals surface area contributed by atoms with Crippen LogP contribution in [0.5, 0.6) is 0 Å². The molecule has 0 heterocycles. The van der Waals surface area contributed by atoms with Crippen molar-refractivity contribution in [3.63, 3.8) is 0 Å². The third-order valence-electron chi connectivity index (χ3n) is 9.48. The molecule has 0 atom stereocenters. The van der Waals surface area contributed by atoms with Gasteiger partial charge in [-0.2, -0.15) is 0 Å². The lowest BCUT2D eigenvalue weighted by Crippen LogP contribution is -2.16. The van der Waals surface area contributed by atoms with Gasteiger partial charge in [0.2, 0.25) is 0 Å². The average molecular weight is 731 g/mol. The molecule has 0 fully saturated rings. The Kier molecular flexibility index (Phi) is 21.9. The smallest absolute Gasteiger partial charge is 0.127 e. The predicted octanol–water partition coefficient (Wildman–Crippen LogP) is 14.0. The zero-order valence-electron chi connectivity index (χ0n) is 35.5. The van der Waals surface area contributed by atoms with Gasteiger partial charge in [0.15, 0.2) is 0 Å². The SMILES string of the molecule is CCCCCCc1cc(C#CC#Cc2cc(CCCCCC)c(CCCCCC)cc2C#C[Si](C)(C)C)c(C#C[Si](C)(C)C)cc1CCCCCC. The van der Waals surface area contributed by atoms with Crippen molar-refractivity contribution in [1.29, 1.82) is 0 Å². The fourth-order valence-electron chi connectivity index (χ4n) is 6.40. The summed E-state index contributed by atoms with van der Waals surface area (Å²) >= 11 is 0. The maximum atomic E-state index is 3.64. The molecule has 0 N–H and O–H groups in total. The Balaban J connectivity index is 2.66. The standard InChI is InChI=1S/C50H74Si2/c1-11-15-19-23-29-43-39-47(49(35-37-51(5,6)7)41-45(43)31-25-21-17-13-3)33-27-28-34-48-40-44(30-24-20-16-12-2)46(32-26-22-18-14-4)42-50(48)36-38-52(8,9)10/h39-42H,11-26,29-32H2,1-10H3. The molecule has 0 saturated carbocycles. The minimum atomic E-state index is -1.56. The van der Waals surface area contributed by atoms with Gasteiger partial charge in [-0.1, -0.05) is 168 Å². The van der Waals surface area contributed by atoms with Crippen LogP contribution < -0.4 is 0 Å². The molecule has 0 unspecified atom stereocenters. The molecule has 0 aromatic heterocycles. The fourth-order valence-corrected chi connectivity index (χ4v) is 7.42. The Bertz CT molecular complexity index is 1490. The highest BCUT2D eigenvalue weighted by Gasteiger charge is 2.13. The minimum Gasteiger partial charge on any atom is -0.127 e. The van der Waals surface area contributed by atoms with E-state index in [0.717, 1.165) is 47.9 Å². The molecule has 0 bridgehead atoms. The van der Waals surface area contributed by atoms with Crippen LogP contribution in [-0.2, 0) is 25.7 Å². The number of rotatable bonds is 20. The van der Waals surface area contributed by atoms with Crippen LogP contribution in [0.3, 0.4) is 0 Å². The summed E-state index contributed by atoms with van der Waals surface area (Å²) in [7, 11) is -3.11. The van der Waals surface area contributed by atoms with Crippen molar-refractivity contribution in [2.75, 3.05) is 0 Å². The summed E-state index contributed by atoms with van der Waals surface area (Å²) in [5, 5.41) is 0. The largest absolute Gasteiger partial charge is 0.129 e. The third-order valence-corrected chi connectivity index (χ3v) is 11.2. The molecule has 0 nitrogen and oxygen atoms in total. The quantitative estimate of drug-likeness (QED) is 0.0723. The first kappa shape index (κ1) is 45.3. The summed E-state index contributed by atoms with van der Waals surface area (Å²) in [5.74, 6) is 20.9. The Hall–Kier alpha value is -2.89. The summed E-state index contributed by atoms with van der Waals surface area (Å²) in [6, 6.07) is 9.52. The first-order valence-corrected chi connectivity index (χ1v) is 28.3. The first-order valence-electron chi connectivity index (χ1n) is 21.3. The van der Waals surface area contributed by atoms with Crippen LogP contribution in [0.25, 0.3) is 0 Å². The molecular weight excluding hydrogens is 657 g/mol. The number of benzene rings is 2. The second-order valence-electron chi connectivity index (χ2n) is 17.1. The normalized spacial score (nSPS) is 11.0. The van der Waals surface area contributed by atoms with Gasteiger partial charge < -0.3 is 0 Å². The summed E-state index contributed by atoms with van der Waals surface area (Å²) in [6.07, 6.45) is 24.9. The van der Waals surface area contributed by atoms with Crippen LogP contribution in [0.1, 0.15) is 175 Å². The van der Waals surface area contributed by atoms with Gasteiger partial charge in [0.1, 0.15) is 16.1 Å². The third kappa shape index (κ3) is 19.3. The van der Waals surface area contributed by atoms with Crippen molar-refractivity contribution >= 4 is 16.1 Å². The second-order valence-corrected chi connectivity index (χ2v) is 26.6. The van der Waals surface area contributed by atoms with Gasteiger partial charge in [-0.15, -0.1) is 11.1 Å². The number of hydrogen-bond acceptors (Lipinski definition) is 0. The summed E-state index contributed by atoms with van der Waals surface area (Å²) in [6.45, 7) is 23.1. The molecule has 0 aliphatic heterocycles. The average Bonchev–Trinajstić information content (AvgIpc) is 3.09. The van der Waals surface area contributed by atoms with E-state index < -0.39 is 16.1 Å². The van der Waals surface area contributed by atoms with E-state index in [2.05, 4.69) is 138 Å². The molecule has 2 rings (SSSR count). The molecule has 2 heteroatoms. The maximum Gasteiger partial charge on any atom is 0.129 e. The second kappa shape index (κ2) is 25.2. The van der Waals surface area contributed by atoms with Crippen molar-refractivity contribution < 1.29 is 0 Å². The van der Waals surface area contributed by atoms with Crippen molar-refractivity contribution in [2.24, 2.45) is 0 Å². The molecule has 0 spiro atoms. The number of aryl methyl sites for hydroxylation is 4.